The number of thioether (sulfide) groups is 1. The summed E-state index contributed by atoms with van der Waals surface area (Å²) in [7, 11) is 0. The van der Waals surface area contributed by atoms with Crippen LogP contribution in [0, 0.1) is 5.82 Å². The largest absolute Gasteiger partial charge is 0.374 e. The molecule has 0 saturated carbocycles. The molecule has 15 heavy (non-hydrogen) atoms. The van der Waals surface area contributed by atoms with Crippen molar-refractivity contribution in [2.75, 3.05) is 5.73 Å². The van der Waals surface area contributed by atoms with Gasteiger partial charge in [-0.3, -0.25) is 0 Å². The van der Waals surface area contributed by atoms with E-state index in [1.165, 1.54) is 17.8 Å². The van der Waals surface area contributed by atoms with Crippen LogP contribution in [0.15, 0.2) is 29.4 Å². The fourth-order valence-electron chi connectivity index (χ4n) is 1.04. The molecule has 2 N–H and O–H groups in total. The SMILES string of the molecule is Nc1nc(SCc2ccccc2F)ns1. The molecule has 2 rings (SSSR count). The van der Waals surface area contributed by atoms with E-state index >= 15 is 0 Å². The summed E-state index contributed by atoms with van der Waals surface area (Å²) < 4.78 is 17.2. The van der Waals surface area contributed by atoms with Crippen molar-refractivity contribution >= 4 is 28.4 Å². The lowest BCUT2D eigenvalue weighted by Crippen LogP contribution is -1.87. The van der Waals surface area contributed by atoms with E-state index in [2.05, 4.69) is 9.36 Å². The first-order valence-corrected chi connectivity index (χ1v) is 5.97. The maximum Gasteiger partial charge on any atom is 0.202 e. The van der Waals surface area contributed by atoms with Crippen molar-refractivity contribution in [3.05, 3.63) is 35.6 Å². The molecular formula is C9H8FN3S2. The second kappa shape index (κ2) is 4.59. The lowest BCUT2D eigenvalue weighted by molar-refractivity contribution is 0.617. The number of nitrogens with two attached hydrogens (primary N) is 1. The third kappa shape index (κ3) is 2.66. The van der Waals surface area contributed by atoms with Gasteiger partial charge in [-0.05, 0) is 11.6 Å². The third-order valence-corrected chi connectivity index (χ3v) is 3.29. The minimum atomic E-state index is -0.201. The quantitative estimate of drug-likeness (QED) is 0.839. The number of nitrogen functional groups attached to an aromatic ring is 1. The molecule has 3 nitrogen and oxygen atoms in total. The van der Waals surface area contributed by atoms with E-state index in [0.717, 1.165) is 11.5 Å². The molecule has 0 amide bonds. The van der Waals surface area contributed by atoms with Gasteiger partial charge in [-0.1, -0.05) is 30.0 Å². The molecule has 0 aliphatic carbocycles. The van der Waals surface area contributed by atoms with Gasteiger partial charge in [-0.2, -0.15) is 9.36 Å². The highest BCUT2D eigenvalue weighted by Gasteiger charge is 2.05. The number of nitrogens with zero attached hydrogens (tertiary/aromatic N) is 2. The van der Waals surface area contributed by atoms with Gasteiger partial charge in [-0.15, -0.1) is 0 Å². The minimum absolute atomic E-state index is 0.201. The molecule has 0 aliphatic heterocycles. The van der Waals surface area contributed by atoms with Gasteiger partial charge in [-0.25, -0.2) is 4.39 Å². The zero-order chi connectivity index (χ0) is 10.7. The fraction of sp³-hybridized carbons (Fsp3) is 0.111. The van der Waals surface area contributed by atoms with Crippen LogP contribution in [0.1, 0.15) is 5.56 Å². The number of hydrogen-bond acceptors (Lipinski definition) is 5. The summed E-state index contributed by atoms with van der Waals surface area (Å²) in [6, 6.07) is 6.67. The number of hydrogen-bond donors (Lipinski definition) is 1. The predicted octanol–water partition coefficient (Wildman–Crippen LogP) is 2.55. The van der Waals surface area contributed by atoms with Crippen LogP contribution in [-0.2, 0) is 5.75 Å². The van der Waals surface area contributed by atoms with E-state index in [4.69, 9.17) is 5.73 Å². The molecule has 2 aromatic rings. The Balaban J connectivity index is 2.02. The van der Waals surface area contributed by atoms with E-state index in [1.807, 2.05) is 6.07 Å². The molecular weight excluding hydrogens is 233 g/mol. The average Bonchev–Trinajstić information content (AvgIpc) is 2.63. The van der Waals surface area contributed by atoms with E-state index in [-0.39, 0.29) is 5.82 Å². The predicted molar refractivity (Wildman–Crippen MR) is 60.3 cm³/mol. The summed E-state index contributed by atoms with van der Waals surface area (Å²) >= 11 is 2.52. The summed E-state index contributed by atoms with van der Waals surface area (Å²) in [6.45, 7) is 0. The Hall–Kier alpha value is -1.14. The van der Waals surface area contributed by atoms with Crippen LogP contribution < -0.4 is 5.73 Å². The number of aromatic nitrogens is 2. The molecule has 0 spiro atoms. The number of halogens is 1. The molecule has 6 heteroatoms. The molecule has 1 aromatic carbocycles. The van der Waals surface area contributed by atoms with Crippen LogP contribution in [0.4, 0.5) is 9.52 Å². The highest BCUT2D eigenvalue weighted by Crippen LogP contribution is 2.23. The van der Waals surface area contributed by atoms with Gasteiger partial charge in [0.15, 0.2) is 0 Å². The Kier molecular flexibility index (Phi) is 3.17. The second-order valence-corrected chi connectivity index (χ2v) is 4.52. The van der Waals surface area contributed by atoms with E-state index in [1.54, 1.807) is 12.1 Å². The number of rotatable bonds is 3. The van der Waals surface area contributed by atoms with Crippen molar-refractivity contribution in [1.82, 2.24) is 9.36 Å². The van der Waals surface area contributed by atoms with E-state index in [0.29, 0.717) is 21.6 Å². The molecule has 0 radical (unpaired) electrons. The summed E-state index contributed by atoms with van der Waals surface area (Å²) in [5.41, 5.74) is 6.08. The first-order valence-electron chi connectivity index (χ1n) is 4.21. The Morgan fingerprint density at radius 3 is 2.87 bits per heavy atom. The van der Waals surface area contributed by atoms with E-state index in [9.17, 15) is 4.39 Å². The van der Waals surface area contributed by atoms with Crippen LogP contribution in [-0.4, -0.2) is 9.36 Å². The van der Waals surface area contributed by atoms with Crippen LogP contribution >= 0.6 is 23.3 Å². The smallest absolute Gasteiger partial charge is 0.202 e. The van der Waals surface area contributed by atoms with Crippen LogP contribution in [0.3, 0.4) is 0 Å². The second-order valence-electron chi connectivity index (χ2n) is 2.80. The molecule has 1 aromatic heterocycles. The third-order valence-electron chi connectivity index (χ3n) is 1.74. The van der Waals surface area contributed by atoms with Crippen molar-refractivity contribution in [2.24, 2.45) is 0 Å². The van der Waals surface area contributed by atoms with Gasteiger partial charge in [0.25, 0.3) is 0 Å². The van der Waals surface area contributed by atoms with Crippen molar-refractivity contribution < 1.29 is 4.39 Å². The first kappa shape index (κ1) is 10.4. The Morgan fingerprint density at radius 2 is 2.20 bits per heavy atom. The van der Waals surface area contributed by atoms with Gasteiger partial charge >= 0.3 is 0 Å². The molecule has 0 aliphatic rings. The highest BCUT2D eigenvalue weighted by atomic mass is 32.2. The fourth-order valence-corrected chi connectivity index (χ4v) is 2.44. The van der Waals surface area contributed by atoms with Crippen molar-refractivity contribution in [1.29, 1.82) is 0 Å². The molecule has 0 bridgehead atoms. The van der Waals surface area contributed by atoms with Gasteiger partial charge in [0.2, 0.25) is 10.3 Å². The molecule has 0 saturated heterocycles. The van der Waals surface area contributed by atoms with Gasteiger partial charge < -0.3 is 5.73 Å². The van der Waals surface area contributed by atoms with Crippen molar-refractivity contribution in [3.63, 3.8) is 0 Å². The topological polar surface area (TPSA) is 51.8 Å². The standard InChI is InChI=1S/C9H8FN3S2/c10-7-4-2-1-3-6(7)5-14-9-12-8(11)15-13-9/h1-4H,5H2,(H2,11,12,13). The molecule has 78 valence electrons. The Morgan fingerprint density at radius 1 is 1.40 bits per heavy atom. The lowest BCUT2D eigenvalue weighted by Gasteiger charge is -1.99. The van der Waals surface area contributed by atoms with Crippen LogP contribution in [0.5, 0.6) is 0 Å². The molecule has 0 atom stereocenters. The summed E-state index contributed by atoms with van der Waals surface area (Å²) in [4.78, 5) is 3.98. The normalized spacial score (nSPS) is 10.5. The number of benzene rings is 1. The number of anilines is 1. The zero-order valence-corrected chi connectivity index (χ0v) is 9.32. The Bertz CT molecular complexity index is 458. The highest BCUT2D eigenvalue weighted by molar-refractivity contribution is 7.98. The monoisotopic (exact) mass is 241 g/mol. The van der Waals surface area contributed by atoms with Crippen LogP contribution in [0.25, 0.3) is 0 Å². The summed E-state index contributed by atoms with van der Waals surface area (Å²) in [5.74, 6) is 0.316. The van der Waals surface area contributed by atoms with Crippen molar-refractivity contribution in [3.8, 4) is 0 Å². The van der Waals surface area contributed by atoms with Crippen molar-refractivity contribution in [2.45, 2.75) is 10.9 Å². The lowest BCUT2D eigenvalue weighted by atomic mass is 10.2. The maximum atomic E-state index is 13.2. The average molecular weight is 241 g/mol. The zero-order valence-electron chi connectivity index (χ0n) is 7.68. The summed E-state index contributed by atoms with van der Waals surface area (Å²) in [5, 5.41) is 1.03. The summed E-state index contributed by atoms with van der Waals surface area (Å²) in [6.07, 6.45) is 0. The maximum absolute atomic E-state index is 13.2. The molecule has 1 heterocycles. The molecule has 0 unspecified atom stereocenters. The van der Waals surface area contributed by atoms with Gasteiger partial charge in [0.1, 0.15) is 5.82 Å². The van der Waals surface area contributed by atoms with E-state index < -0.39 is 0 Å². The van der Waals surface area contributed by atoms with Gasteiger partial charge in [0.05, 0.1) is 0 Å². The Labute approximate surface area is 94.7 Å². The first-order chi connectivity index (χ1) is 7.25. The van der Waals surface area contributed by atoms with Crippen LogP contribution in [0.2, 0.25) is 0 Å². The van der Waals surface area contributed by atoms with Gasteiger partial charge in [0, 0.05) is 17.3 Å². The molecule has 0 fully saturated rings. The minimum Gasteiger partial charge on any atom is -0.374 e.